The molecule has 4 rings (SSSR count). The Kier molecular flexibility index (Phi) is 4.76. The summed E-state index contributed by atoms with van der Waals surface area (Å²) in [6.07, 6.45) is 4.28. The number of carbonyl (C=O) groups excluding carboxylic acids is 3. The number of amides is 2. The van der Waals surface area contributed by atoms with Crippen LogP contribution in [0.2, 0.25) is 0 Å². The van der Waals surface area contributed by atoms with E-state index in [2.05, 4.69) is 9.80 Å². The van der Waals surface area contributed by atoms with Crippen LogP contribution in [0.3, 0.4) is 0 Å². The third-order valence-electron chi connectivity index (χ3n) is 6.40. The highest BCUT2D eigenvalue weighted by atomic mass is 16.2. The average Bonchev–Trinajstić information content (AvgIpc) is 3.23. The normalized spacial score (nSPS) is 22.9. The molecule has 2 aliphatic heterocycles. The van der Waals surface area contributed by atoms with Crippen LogP contribution >= 0.6 is 0 Å². The maximum atomic E-state index is 12.8. The van der Waals surface area contributed by atoms with Crippen LogP contribution in [0.15, 0.2) is 24.3 Å². The van der Waals surface area contributed by atoms with E-state index in [0.29, 0.717) is 13.1 Å². The molecule has 6 heteroatoms. The lowest BCUT2D eigenvalue weighted by molar-refractivity contribution is -0.143. The molecule has 144 valence electrons. The van der Waals surface area contributed by atoms with Gasteiger partial charge < -0.3 is 4.90 Å². The summed E-state index contributed by atoms with van der Waals surface area (Å²) in [6.45, 7) is 5.33. The van der Waals surface area contributed by atoms with E-state index in [4.69, 9.17) is 0 Å². The molecule has 0 N–H and O–H groups in total. The number of ketones is 1. The summed E-state index contributed by atoms with van der Waals surface area (Å²) in [4.78, 5) is 42.7. The number of nitrogens with zero attached hydrogens (tertiary/aromatic N) is 3. The summed E-state index contributed by atoms with van der Waals surface area (Å²) in [5.41, 5.74) is 1.46. The van der Waals surface area contributed by atoms with E-state index in [1.807, 2.05) is 24.3 Å². The lowest BCUT2D eigenvalue weighted by atomic mass is 9.85. The molecule has 1 saturated carbocycles. The highest BCUT2D eigenvalue weighted by Gasteiger charge is 2.52. The smallest absolute Gasteiger partial charge is 0.237 e. The van der Waals surface area contributed by atoms with E-state index >= 15 is 0 Å². The van der Waals surface area contributed by atoms with Crippen molar-refractivity contribution in [3.8, 4) is 0 Å². The van der Waals surface area contributed by atoms with Gasteiger partial charge in [0.15, 0.2) is 5.78 Å². The Bertz CT molecular complexity index is 744. The highest BCUT2D eigenvalue weighted by molar-refractivity contribution is 6.06. The molecular formula is C21H27N3O3. The first kappa shape index (κ1) is 18.2. The monoisotopic (exact) mass is 369 g/mol. The quantitative estimate of drug-likeness (QED) is 0.602. The highest BCUT2D eigenvalue weighted by Crippen LogP contribution is 2.46. The third kappa shape index (κ3) is 3.38. The largest absolute Gasteiger partial charge is 0.369 e. The summed E-state index contributed by atoms with van der Waals surface area (Å²) in [5, 5.41) is 0. The molecule has 0 bridgehead atoms. The minimum atomic E-state index is -0.378. The SMILES string of the molecule is CC(=O)c1ccc(N2CCN(CN3C(=O)CC4(CCCC4)C3=O)CC2)cc1. The molecule has 2 heterocycles. The number of benzene rings is 1. The number of imide groups is 1. The minimum Gasteiger partial charge on any atom is -0.369 e. The molecule has 6 nitrogen and oxygen atoms in total. The van der Waals surface area contributed by atoms with Gasteiger partial charge in [0.05, 0.1) is 12.1 Å². The number of hydrogen-bond donors (Lipinski definition) is 0. The molecule has 0 aromatic heterocycles. The molecule has 1 aromatic rings. The predicted octanol–water partition coefficient (Wildman–Crippen LogP) is 2.29. The standard InChI is InChI=1S/C21H27N3O3/c1-16(25)17-4-6-18(7-5-17)23-12-10-22(11-13-23)15-24-19(26)14-21(20(24)27)8-2-3-9-21/h4-7H,2-3,8-15H2,1H3. The first-order valence-electron chi connectivity index (χ1n) is 9.92. The van der Waals surface area contributed by atoms with E-state index in [1.54, 1.807) is 6.92 Å². The fourth-order valence-electron chi connectivity index (χ4n) is 4.70. The lowest BCUT2D eigenvalue weighted by Crippen LogP contribution is -2.51. The van der Waals surface area contributed by atoms with Crippen LogP contribution in [-0.2, 0) is 9.59 Å². The molecule has 0 radical (unpaired) electrons. The second kappa shape index (κ2) is 7.08. The Labute approximate surface area is 160 Å². The van der Waals surface area contributed by atoms with Crippen molar-refractivity contribution in [2.24, 2.45) is 5.41 Å². The Morgan fingerprint density at radius 3 is 2.22 bits per heavy atom. The minimum absolute atomic E-state index is 0.00384. The van der Waals surface area contributed by atoms with Crippen LogP contribution in [0, 0.1) is 5.41 Å². The van der Waals surface area contributed by atoms with Gasteiger partial charge in [0, 0.05) is 43.9 Å². The summed E-state index contributed by atoms with van der Waals surface area (Å²) in [7, 11) is 0. The number of Topliss-reactive ketones (excluding diaryl/α,β-unsaturated/α-hetero) is 1. The number of likely N-dealkylation sites (tertiary alicyclic amines) is 1. The first-order chi connectivity index (χ1) is 13.0. The van der Waals surface area contributed by atoms with Crippen molar-refractivity contribution >= 4 is 23.3 Å². The molecule has 27 heavy (non-hydrogen) atoms. The molecule has 2 amide bonds. The van der Waals surface area contributed by atoms with Gasteiger partial charge >= 0.3 is 0 Å². The van der Waals surface area contributed by atoms with Crippen molar-refractivity contribution in [2.75, 3.05) is 37.7 Å². The zero-order valence-electron chi connectivity index (χ0n) is 15.9. The van der Waals surface area contributed by atoms with Gasteiger partial charge in [-0.15, -0.1) is 0 Å². The van der Waals surface area contributed by atoms with Crippen molar-refractivity contribution in [1.82, 2.24) is 9.80 Å². The van der Waals surface area contributed by atoms with Crippen LogP contribution in [0.25, 0.3) is 0 Å². The number of anilines is 1. The number of carbonyl (C=O) groups is 3. The van der Waals surface area contributed by atoms with Gasteiger partial charge in [0.1, 0.15) is 0 Å². The van der Waals surface area contributed by atoms with E-state index in [-0.39, 0.29) is 23.0 Å². The van der Waals surface area contributed by atoms with Crippen LogP contribution in [0.1, 0.15) is 49.4 Å². The van der Waals surface area contributed by atoms with Gasteiger partial charge in [-0.3, -0.25) is 24.2 Å². The number of rotatable bonds is 4. The number of piperazine rings is 1. The maximum absolute atomic E-state index is 12.8. The lowest BCUT2D eigenvalue weighted by Gasteiger charge is -2.37. The van der Waals surface area contributed by atoms with Crippen molar-refractivity contribution < 1.29 is 14.4 Å². The second-order valence-corrected chi connectivity index (χ2v) is 8.14. The molecule has 3 aliphatic rings. The van der Waals surface area contributed by atoms with Crippen LogP contribution in [0.4, 0.5) is 5.69 Å². The molecular weight excluding hydrogens is 342 g/mol. The zero-order chi connectivity index (χ0) is 19.0. The van der Waals surface area contributed by atoms with Gasteiger partial charge in [-0.1, -0.05) is 12.8 Å². The average molecular weight is 369 g/mol. The predicted molar refractivity (Wildman–Crippen MR) is 102 cm³/mol. The molecule has 0 atom stereocenters. The Morgan fingerprint density at radius 2 is 1.63 bits per heavy atom. The van der Waals surface area contributed by atoms with Crippen LogP contribution in [0.5, 0.6) is 0 Å². The fourth-order valence-corrected chi connectivity index (χ4v) is 4.70. The van der Waals surface area contributed by atoms with Gasteiger partial charge in [-0.05, 0) is 44.0 Å². The van der Waals surface area contributed by atoms with Crippen molar-refractivity contribution in [3.05, 3.63) is 29.8 Å². The summed E-state index contributed by atoms with van der Waals surface area (Å²) in [6, 6.07) is 7.72. The van der Waals surface area contributed by atoms with Gasteiger partial charge in [0.25, 0.3) is 0 Å². The molecule has 2 saturated heterocycles. The van der Waals surface area contributed by atoms with Crippen LogP contribution < -0.4 is 4.90 Å². The summed E-state index contributed by atoms with van der Waals surface area (Å²) in [5.74, 6) is 0.141. The molecule has 1 spiro atoms. The van der Waals surface area contributed by atoms with E-state index < -0.39 is 0 Å². The Morgan fingerprint density at radius 1 is 1.00 bits per heavy atom. The second-order valence-electron chi connectivity index (χ2n) is 8.14. The first-order valence-corrected chi connectivity index (χ1v) is 9.92. The van der Waals surface area contributed by atoms with E-state index in [9.17, 15) is 14.4 Å². The van der Waals surface area contributed by atoms with Crippen molar-refractivity contribution in [3.63, 3.8) is 0 Å². The summed E-state index contributed by atoms with van der Waals surface area (Å²) < 4.78 is 0. The van der Waals surface area contributed by atoms with Crippen LogP contribution in [-0.4, -0.2) is 60.2 Å². The third-order valence-corrected chi connectivity index (χ3v) is 6.40. The molecule has 1 aliphatic carbocycles. The molecule has 1 aromatic carbocycles. The molecule has 0 unspecified atom stereocenters. The van der Waals surface area contributed by atoms with E-state index in [0.717, 1.165) is 63.1 Å². The van der Waals surface area contributed by atoms with E-state index in [1.165, 1.54) is 4.90 Å². The van der Waals surface area contributed by atoms with Crippen molar-refractivity contribution in [1.29, 1.82) is 0 Å². The van der Waals surface area contributed by atoms with Gasteiger partial charge in [0.2, 0.25) is 11.8 Å². The van der Waals surface area contributed by atoms with Gasteiger partial charge in [-0.25, -0.2) is 0 Å². The topological polar surface area (TPSA) is 60.9 Å². The fraction of sp³-hybridized carbons (Fsp3) is 0.571. The maximum Gasteiger partial charge on any atom is 0.237 e. The number of hydrogen-bond acceptors (Lipinski definition) is 5. The zero-order valence-corrected chi connectivity index (χ0v) is 15.9. The Balaban J connectivity index is 1.34. The van der Waals surface area contributed by atoms with Gasteiger partial charge in [-0.2, -0.15) is 0 Å². The van der Waals surface area contributed by atoms with Crippen molar-refractivity contribution in [2.45, 2.75) is 39.0 Å². The molecule has 3 fully saturated rings. The Hall–Kier alpha value is -2.21. The summed E-state index contributed by atoms with van der Waals surface area (Å²) >= 11 is 0.